The summed E-state index contributed by atoms with van der Waals surface area (Å²) in [5.74, 6) is -0.183. The molecule has 0 spiro atoms. The highest BCUT2D eigenvalue weighted by atomic mass is 16.2. The molecule has 0 saturated carbocycles. The lowest BCUT2D eigenvalue weighted by molar-refractivity contribution is -0.129. The number of carbonyl (C=O) groups excluding carboxylic acids is 2. The Morgan fingerprint density at radius 3 is 1.75 bits per heavy atom. The summed E-state index contributed by atoms with van der Waals surface area (Å²) in [4.78, 5) is 23.0. The third-order valence-corrected chi connectivity index (χ3v) is 1.56. The predicted octanol–water partition coefficient (Wildman–Crippen LogP) is 1.22. The van der Waals surface area contributed by atoms with Gasteiger partial charge >= 0.3 is 6.03 Å². The zero-order chi connectivity index (χ0) is 7.94. The van der Waals surface area contributed by atoms with Gasteiger partial charge in [-0.2, -0.15) is 0 Å². The average molecular weight is 174 g/mol. The Morgan fingerprint density at radius 2 is 1.67 bits per heavy atom. The number of urea groups is 1. The summed E-state index contributed by atoms with van der Waals surface area (Å²) >= 11 is 0. The smallest absolute Gasteiger partial charge is 0.324 e. The van der Waals surface area contributed by atoms with Crippen LogP contribution in [0.15, 0.2) is 0 Å². The average Bonchev–Trinajstić information content (AvgIpc) is 1.95. The van der Waals surface area contributed by atoms with Crippen molar-refractivity contribution in [3.8, 4) is 0 Å². The number of nitrogens with one attached hydrogen (secondary N) is 1. The van der Waals surface area contributed by atoms with E-state index in [0.29, 0.717) is 0 Å². The van der Waals surface area contributed by atoms with E-state index < -0.39 is 5.54 Å². The minimum Gasteiger partial charge on any atom is -0.324 e. The highest BCUT2D eigenvalue weighted by Gasteiger charge is 2.41. The van der Waals surface area contributed by atoms with Gasteiger partial charge in [0.2, 0.25) is 0 Å². The maximum Gasteiger partial charge on any atom is 0.324 e. The molecule has 0 aromatic rings. The molecule has 1 saturated heterocycles. The third-order valence-electron chi connectivity index (χ3n) is 1.56. The van der Waals surface area contributed by atoms with Gasteiger partial charge in [0.05, 0.1) is 0 Å². The molecule has 12 heavy (non-hydrogen) atoms. The van der Waals surface area contributed by atoms with Crippen molar-refractivity contribution in [2.45, 2.75) is 34.2 Å². The van der Waals surface area contributed by atoms with Crippen LogP contribution in [0.25, 0.3) is 0 Å². The highest BCUT2D eigenvalue weighted by Crippen LogP contribution is 2.13. The quantitative estimate of drug-likeness (QED) is 0.561. The predicted molar refractivity (Wildman–Crippen MR) is 48.8 cm³/mol. The number of rotatable bonds is 0. The number of imide groups is 1. The number of nitrogens with zero attached hydrogens (tertiary/aromatic N) is 1. The molecule has 0 aromatic carbocycles. The van der Waals surface area contributed by atoms with Crippen LogP contribution in [-0.2, 0) is 4.79 Å². The topological polar surface area (TPSA) is 49.4 Å². The normalized spacial score (nSPS) is 19.4. The summed E-state index contributed by atoms with van der Waals surface area (Å²) < 4.78 is 0. The minimum absolute atomic E-state index is 0. The van der Waals surface area contributed by atoms with Crippen molar-refractivity contribution in [2.75, 3.05) is 7.05 Å². The molecule has 0 atom stereocenters. The van der Waals surface area contributed by atoms with Gasteiger partial charge in [0.1, 0.15) is 5.54 Å². The van der Waals surface area contributed by atoms with Crippen LogP contribution in [0.5, 0.6) is 0 Å². The molecule has 4 heteroatoms. The Kier molecular flexibility index (Phi) is 4.01. The number of hydrogen-bond acceptors (Lipinski definition) is 2. The Morgan fingerprint density at radius 1 is 1.25 bits per heavy atom. The van der Waals surface area contributed by atoms with Crippen molar-refractivity contribution in [2.24, 2.45) is 0 Å². The lowest BCUT2D eigenvalue weighted by Gasteiger charge is -2.12. The van der Waals surface area contributed by atoms with E-state index >= 15 is 0 Å². The zero-order valence-corrected chi connectivity index (χ0v) is 6.26. The van der Waals surface area contributed by atoms with E-state index in [4.69, 9.17) is 0 Å². The van der Waals surface area contributed by atoms with Gasteiger partial charge in [0.25, 0.3) is 5.91 Å². The molecule has 1 aliphatic rings. The van der Waals surface area contributed by atoms with Crippen LogP contribution in [0.2, 0.25) is 0 Å². The molecule has 0 bridgehead atoms. The molecular weight excluding hydrogens is 156 g/mol. The van der Waals surface area contributed by atoms with Crippen LogP contribution in [0.1, 0.15) is 28.7 Å². The van der Waals surface area contributed by atoms with Crippen molar-refractivity contribution >= 4 is 11.9 Å². The monoisotopic (exact) mass is 174 g/mol. The Hall–Kier alpha value is -1.06. The van der Waals surface area contributed by atoms with Crippen LogP contribution in [0, 0.1) is 0 Å². The van der Waals surface area contributed by atoms with Gasteiger partial charge in [-0.05, 0) is 13.8 Å². The lowest BCUT2D eigenvalue weighted by Crippen LogP contribution is -2.39. The molecule has 1 fully saturated rings. The molecule has 1 aliphatic heterocycles. The summed E-state index contributed by atoms with van der Waals surface area (Å²) in [5, 5.41) is 2.53. The number of carbonyl (C=O) groups is 2. The SMILES string of the molecule is C.C.CN1C(=O)NC(C)(C)C1=O. The standard InChI is InChI=1S/C6H10N2O2.2CH4/c1-6(2)4(9)8(3)5(10)7-6;;/h1-3H3,(H,7,10);2*1H4. The van der Waals surface area contributed by atoms with E-state index in [-0.39, 0.29) is 26.8 Å². The van der Waals surface area contributed by atoms with E-state index in [1.54, 1.807) is 13.8 Å². The van der Waals surface area contributed by atoms with Gasteiger partial charge in [-0.15, -0.1) is 0 Å². The summed E-state index contributed by atoms with van der Waals surface area (Å²) in [6.45, 7) is 3.35. The second-order valence-electron chi connectivity index (χ2n) is 2.92. The van der Waals surface area contributed by atoms with Crippen molar-refractivity contribution in [3.63, 3.8) is 0 Å². The van der Waals surface area contributed by atoms with Gasteiger partial charge in [0, 0.05) is 7.05 Å². The van der Waals surface area contributed by atoms with Gasteiger partial charge in [-0.3, -0.25) is 9.69 Å². The van der Waals surface area contributed by atoms with Crippen molar-refractivity contribution in [1.29, 1.82) is 0 Å². The molecule has 1 rings (SSSR count). The fourth-order valence-corrected chi connectivity index (χ4v) is 0.916. The highest BCUT2D eigenvalue weighted by molar-refractivity contribution is 6.06. The largest absolute Gasteiger partial charge is 0.324 e. The Balaban J connectivity index is 0. The molecule has 1 heterocycles. The van der Waals surface area contributed by atoms with E-state index in [2.05, 4.69) is 5.32 Å². The number of likely N-dealkylation sites (N-methyl/N-ethyl adjacent to an activating group) is 1. The summed E-state index contributed by atoms with van der Waals surface area (Å²) in [6.07, 6.45) is 0. The maximum atomic E-state index is 11.1. The first-order chi connectivity index (χ1) is 4.45. The Labute approximate surface area is 73.9 Å². The van der Waals surface area contributed by atoms with Gasteiger partial charge in [0.15, 0.2) is 0 Å². The molecule has 0 unspecified atom stereocenters. The number of amides is 3. The zero-order valence-electron chi connectivity index (χ0n) is 6.26. The van der Waals surface area contributed by atoms with Crippen molar-refractivity contribution in [1.82, 2.24) is 10.2 Å². The first-order valence-corrected chi connectivity index (χ1v) is 3.05. The molecule has 72 valence electrons. The maximum absolute atomic E-state index is 11.1. The van der Waals surface area contributed by atoms with Gasteiger partial charge in [-0.1, -0.05) is 14.9 Å². The second-order valence-corrected chi connectivity index (χ2v) is 2.92. The minimum atomic E-state index is -0.716. The molecule has 0 aliphatic carbocycles. The van der Waals surface area contributed by atoms with E-state index in [0.717, 1.165) is 4.90 Å². The summed E-state index contributed by atoms with van der Waals surface area (Å²) in [5.41, 5.74) is -0.716. The van der Waals surface area contributed by atoms with Crippen LogP contribution >= 0.6 is 0 Å². The van der Waals surface area contributed by atoms with E-state index in [1.807, 2.05) is 0 Å². The molecular formula is C8H18N2O2. The van der Waals surface area contributed by atoms with E-state index in [1.165, 1.54) is 7.05 Å². The first-order valence-electron chi connectivity index (χ1n) is 3.05. The number of hydrogen-bond donors (Lipinski definition) is 1. The fraction of sp³-hybridized carbons (Fsp3) is 0.750. The third kappa shape index (κ3) is 1.75. The first kappa shape index (κ1) is 13.5. The lowest BCUT2D eigenvalue weighted by atomic mass is 10.1. The van der Waals surface area contributed by atoms with Crippen molar-refractivity contribution < 1.29 is 9.59 Å². The Bertz CT molecular complexity index is 199. The van der Waals surface area contributed by atoms with Crippen LogP contribution in [-0.4, -0.2) is 29.4 Å². The fourth-order valence-electron chi connectivity index (χ4n) is 0.916. The van der Waals surface area contributed by atoms with Gasteiger partial charge < -0.3 is 5.32 Å². The molecule has 4 nitrogen and oxygen atoms in total. The van der Waals surface area contributed by atoms with Crippen LogP contribution < -0.4 is 5.32 Å². The van der Waals surface area contributed by atoms with Crippen LogP contribution in [0.3, 0.4) is 0 Å². The van der Waals surface area contributed by atoms with E-state index in [9.17, 15) is 9.59 Å². The molecule has 0 radical (unpaired) electrons. The van der Waals surface area contributed by atoms with Crippen molar-refractivity contribution in [3.05, 3.63) is 0 Å². The summed E-state index contributed by atoms with van der Waals surface area (Å²) in [6, 6.07) is -0.324. The van der Waals surface area contributed by atoms with Gasteiger partial charge in [-0.25, -0.2) is 4.79 Å². The molecule has 0 aromatic heterocycles. The summed E-state index contributed by atoms with van der Waals surface area (Å²) in [7, 11) is 1.46. The molecule has 3 amide bonds. The molecule has 1 N–H and O–H groups in total. The van der Waals surface area contributed by atoms with Crippen LogP contribution in [0.4, 0.5) is 4.79 Å². The second kappa shape index (κ2) is 3.56.